The van der Waals surface area contributed by atoms with Crippen LogP contribution >= 0.6 is 0 Å². The Labute approximate surface area is 111 Å². The molecule has 0 radical (unpaired) electrons. The summed E-state index contributed by atoms with van der Waals surface area (Å²) >= 11 is 0. The van der Waals surface area contributed by atoms with E-state index in [0.29, 0.717) is 12.6 Å². The van der Waals surface area contributed by atoms with Crippen LogP contribution in [0.1, 0.15) is 44.6 Å². The van der Waals surface area contributed by atoms with Gasteiger partial charge in [-0.05, 0) is 30.4 Å². The molecule has 0 spiro atoms. The Morgan fingerprint density at radius 3 is 2.67 bits per heavy atom. The van der Waals surface area contributed by atoms with Crippen molar-refractivity contribution in [2.24, 2.45) is 11.7 Å². The van der Waals surface area contributed by atoms with Crippen LogP contribution < -0.4 is 10.6 Å². The van der Waals surface area contributed by atoms with E-state index < -0.39 is 0 Å². The Morgan fingerprint density at radius 2 is 1.94 bits per heavy atom. The molecule has 0 bridgehead atoms. The van der Waals surface area contributed by atoms with Crippen molar-refractivity contribution in [2.75, 3.05) is 11.9 Å². The van der Waals surface area contributed by atoms with Crippen molar-refractivity contribution in [3.8, 4) is 0 Å². The molecule has 2 unspecified atom stereocenters. The molecule has 2 heteroatoms. The predicted octanol–water partition coefficient (Wildman–Crippen LogP) is 3.55. The molecule has 1 fully saturated rings. The van der Waals surface area contributed by atoms with Crippen LogP contribution in [0.3, 0.4) is 0 Å². The van der Waals surface area contributed by atoms with Crippen LogP contribution in [0, 0.1) is 5.92 Å². The second kappa shape index (κ2) is 6.24. The Bertz CT molecular complexity index is 375. The monoisotopic (exact) mass is 246 g/mol. The smallest absolute Gasteiger partial charge is 0.0411 e. The lowest BCUT2D eigenvalue weighted by molar-refractivity contribution is 0.292. The van der Waals surface area contributed by atoms with Crippen LogP contribution in [-0.2, 0) is 6.54 Å². The number of hydrogen-bond acceptors (Lipinski definition) is 2. The van der Waals surface area contributed by atoms with Gasteiger partial charge in [0.05, 0.1) is 0 Å². The lowest BCUT2D eigenvalue weighted by Crippen LogP contribution is -2.40. The molecule has 0 heterocycles. The molecule has 1 aromatic carbocycles. The molecule has 2 N–H and O–H groups in total. The first-order valence-corrected chi connectivity index (χ1v) is 7.28. The Hall–Kier alpha value is -1.02. The van der Waals surface area contributed by atoms with Crippen LogP contribution in [0.15, 0.2) is 24.3 Å². The van der Waals surface area contributed by atoms with E-state index in [1.165, 1.54) is 43.4 Å². The summed E-state index contributed by atoms with van der Waals surface area (Å²) in [4.78, 5) is 2.48. The van der Waals surface area contributed by atoms with Gasteiger partial charge in [-0.2, -0.15) is 0 Å². The first-order valence-electron chi connectivity index (χ1n) is 7.28. The maximum Gasteiger partial charge on any atom is 0.0411 e. The summed E-state index contributed by atoms with van der Waals surface area (Å²) < 4.78 is 0. The molecule has 1 aromatic rings. The molecule has 1 saturated carbocycles. The van der Waals surface area contributed by atoms with Crippen LogP contribution in [0.5, 0.6) is 0 Å². The Balaban J connectivity index is 2.20. The van der Waals surface area contributed by atoms with Gasteiger partial charge in [0, 0.05) is 25.3 Å². The minimum Gasteiger partial charge on any atom is -0.371 e. The van der Waals surface area contributed by atoms with Crippen molar-refractivity contribution in [3.63, 3.8) is 0 Å². The second-order valence-electron chi connectivity index (χ2n) is 5.46. The fraction of sp³-hybridized carbons (Fsp3) is 0.625. The lowest BCUT2D eigenvalue weighted by atomic mass is 9.82. The molecule has 1 aliphatic carbocycles. The van der Waals surface area contributed by atoms with Crippen LogP contribution in [0.4, 0.5) is 5.69 Å². The highest BCUT2D eigenvalue weighted by atomic mass is 15.1. The van der Waals surface area contributed by atoms with E-state index in [4.69, 9.17) is 5.73 Å². The van der Waals surface area contributed by atoms with Gasteiger partial charge in [-0.1, -0.05) is 44.4 Å². The minimum atomic E-state index is 0.629. The van der Waals surface area contributed by atoms with E-state index in [1.807, 2.05) is 0 Å². The third kappa shape index (κ3) is 2.69. The first-order chi connectivity index (χ1) is 8.77. The molecule has 0 saturated heterocycles. The molecule has 18 heavy (non-hydrogen) atoms. The summed E-state index contributed by atoms with van der Waals surface area (Å²) in [7, 11) is 2.24. The van der Waals surface area contributed by atoms with Gasteiger partial charge < -0.3 is 10.6 Å². The summed E-state index contributed by atoms with van der Waals surface area (Å²) in [6.07, 6.45) is 6.78. The number of nitrogens with zero attached hydrogens (tertiary/aromatic N) is 1. The highest BCUT2D eigenvalue weighted by molar-refractivity contribution is 5.54. The molecule has 1 aliphatic rings. The van der Waals surface area contributed by atoms with Gasteiger partial charge in [0.15, 0.2) is 0 Å². The SMILES string of the molecule is CCC1CCCCC1N(C)c1ccccc1CN. The van der Waals surface area contributed by atoms with Crippen LogP contribution in [0.25, 0.3) is 0 Å². The molecule has 2 rings (SSSR count). The third-order valence-electron chi connectivity index (χ3n) is 4.48. The van der Waals surface area contributed by atoms with Crippen molar-refractivity contribution in [2.45, 2.75) is 51.6 Å². The number of para-hydroxylation sites is 1. The molecule has 0 amide bonds. The van der Waals surface area contributed by atoms with Gasteiger partial charge >= 0.3 is 0 Å². The lowest BCUT2D eigenvalue weighted by Gasteiger charge is -2.39. The van der Waals surface area contributed by atoms with Crippen LogP contribution in [-0.4, -0.2) is 13.1 Å². The highest BCUT2D eigenvalue weighted by Gasteiger charge is 2.27. The second-order valence-corrected chi connectivity index (χ2v) is 5.46. The molecule has 2 nitrogen and oxygen atoms in total. The largest absolute Gasteiger partial charge is 0.371 e. The number of anilines is 1. The molecule has 0 aliphatic heterocycles. The number of benzene rings is 1. The summed E-state index contributed by atoms with van der Waals surface area (Å²) in [5, 5.41) is 0. The fourth-order valence-electron chi connectivity index (χ4n) is 3.38. The zero-order valence-electron chi connectivity index (χ0n) is 11.7. The van der Waals surface area contributed by atoms with Crippen molar-refractivity contribution in [1.29, 1.82) is 0 Å². The van der Waals surface area contributed by atoms with Gasteiger partial charge in [0.25, 0.3) is 0 Å². The summed E-state index contributed by atoms with van der Waals surface area (Å²) in [6, 6.07) is 9.25. The normalized spacial score (nSPS) is 23.9. The fourth-order valence-corrected chi connectivity index (χ4v) is 3.38. The average Bonchev–Trinajstić information content (AvgIpc) is 2.46. The Morgan fingerprint density at radius 1 is 1.22 bits per heavy atom. The third-order valence-corrected chi connectivity index (χ3v) is 4.48. The summed E-state index contributed by atoms with van der Waals surface area (Å²) in [5.41, 5.74) is 8.45. The number of nitrogens with two attached hydrogens (primary N) is 1. The van der Waals surface area contributed by atoms with Gasteiger partial charge in [0.2, 0.25) is 0 Å². The molecule has 100 valence electrons. The molecular formula is C16H26N2. The van der Waals surface area contributed by atoms with Crippen molar-refractivity contribution in [1.82, 2.24) is 0 Å². The topological polar surface area (TPSA) is 29.3 Å². The molecule has 2 atom stereocenters. The zero-order chi connectivity index (χ0) is 13.0. The highest BCUT2D eigenvalue weighted by Crippen LogP contribution is 2.33. The van der Waals surface area contributed by atoms with E-state index in [1.54, 1.807) is 0 Å². The van der Waals surface area contributed by atoms with Gasteiger partial charge in [-0.15, -0.1) is 0 Å². The van der Waals surface area contributed by atoms with Crippen LogP contribution in [0.2, 0.25) is 0 Å². The maximum atomic E-state index is 5.86. The van der Waals surface area contributed by atoms with Gasteiger partial charge in [0.1, 0.15) is 0 Å². The van der Waals surface area contributed by atoms with E-state index in [2.05, 4.69) is 43.1 Å². The Kier molecular flexibility index (Phi) is 4.65. The van der Waals surface area contributed by atoms with Gasteiger partial charge in [-0.25, -0.2) is 0 Å². The number of rotatable bonds is 4. The van der Waals surface area contributed by atoms with E-state index in [-0.39, 0.29) is 0 Å². The quantitative estimate of drug-likeness (QED) is 0.880. The predicted molar refractivity (Wildman–Crippen MR) is 78.8 cm³/mol. The van der Waals surface area contributed by atoms with E-state index in [9.17, 15) is 0 Å². The van der Waals surface area contributed by atoms with Crippen molar-refractivity contribution < 1.29 is 0 Å². The van der Waals surface area contributed by atoms with Gasteiger partial charge in [-0.3, -0.25) is 0 Å². The molecular weight excluding hydrogens is 220 g/mol. The van der Waals surface area contributed by atoms with E-state index >= 15 is 0 Å². The minimum absolute atomic E-state index is 0.629. The first kappa shape index (κ1) is 13.4. The summed E-state index contributed by atoms with van der Waals surface area (Å²) in [6.45, 7) is 2.95. The molecule has 0 aromatic heterocycles. The standard InChI is InChI=1S/C16H26N2/c1-3-13-8-4-6-10-15(13)18(2)16-11-7-5-9-14(16)12-17/h5,7,9,11,13,15H,3-4,6,8,10,12,17H2,1-2H3. The van der Waals surface area contributed by atoms with Crippen molar-refractivity contribution in [3.05, 3.63) is 29.8 Å². The van der Waals surface area contributed by atoms with Crippen molar-refractivity contribution >= 4 is 5.69 Å². The zero-order valence-corrected chi connectivity index (χ0v) is 11.7. The summed E-state index contributed by atoms with van der Waals surface area (Å²) in [5.74, 6) is 0.842. The number of hydrogen-bond donors (Lipinski definition) is 1. The van der Waals surface area contributed by atoms with E-state index in [0.717, 1.165) is 5.92 Å². The maximum absolute atomic E-state index is 5.86. The average molecular weight is 246 g/mol.